The van der Waals surface area contributed by atoms with E-state index in [0.717, 1.165) is 38.9 Å². The van der Waals surface area contributed by atoms with Crippen LogP contribution in [0.1, 0.15) is 23.6 Å². The second-order valence-electron chi connectivity index (χ2n) is 6.62. The molecule has 0 amide bonds. The van der Waals surface area contributed by atoms with Gasteiger partial charge in [-0.3, -0.25) is 0 Å². The number of phenols is 2. The average Bonchev–Trinajstić information content (AvgIpc) is 2.61. The summed E-state index contributed by atoms with van der Waals surface area (Å²) >= 11 is 0. The first-order valence-corrected chi connectivity index (χ1v) is 8.78. The highest BCUT2D eigenvalue weighted by atomic mass is 16.5. The molecule has 0 atom stereocenters. The average molecular weight is 348 g/mol. The van der Waals surface area contributed by atoms with E-state index in [1.807, 2.05) is 64.1 Å². The highest BCUT2D eigenvalue weighted by Gasteiger charge is 2.16. The van der Waals surface area contributed by atoms with Crippen LogP contribution in [0.2, 0.25) is 0 Å². The Balaban J connectivity index is 2.31. The number of ether oxygens (including phenoxy) is 1. The number of hydrogen-bond donors (Lipinski definition) is 2. The van der Waals surface area contributed by atoms with Crippen LogP contribution in [-0.2, 0) is 0 Å². The molecule has 3 heteroatoms. The normalized spacial score (nSPS) is 10.8. The van der Waals surface area contributed by atoms with Crippen molar-refractivity contribution in [1.29, 1.82) is 0 Å². The first kappa shape index (κ1) is 17.9. The summed E-state index contributed by atoms with van der Waals surface area (Å²) in [6.07, 6.45) is 0. The second kappa shape index (κ2) is 7.12. The fourth-order valence-corrected chi connectivity index (χ4v) is 3.23. The highest BCUT2D eigenvalue weighted by Crippen LogP contribution is 2.42. The van der Waals surface area contributed by atoms with Gasteiger partial charge in [0.25, 0.3) is 0 Å². The molecule has 3 aromatic carbocycles. The van der Waals surface area contributed by atoms with Gasteiger partial charge in [0, 0.05) is 11.1 Å². The van der Waals surface area contributed by atoms with Gasteiger partial charge in [-0.1, -0.05) is 23.3 Å². The van der Waals surface area contributed by atoms with Crippen molar-refractivity contribution in [2.45, 2.75) is 27.7 Å². The monoisotopic (exact) mass is 348 g/mol. The van der Waals surface area contributed by atoms with Gasteiger partial charge >= 0.3 is 0 Å². The Labute approximate surface area is 154 Å². The molecule has 134 valence electrons. The molecule has 2 N–H and O–H groups in total. The fraction of sp³-hybridized carbons (Fsp3) is 0.217. The van der Waals surface area contributed by atoms with E-state index in [1.165, 1.54) is 0 Å². The minimum Gasteiger partial charge on any atom is -0.507 e. The van der Waals surface area contributed by atoms with Crippen molar-refractivity contribution in [2.24, 2.45) is 0 Å². The molecule has 0 aliphatic carbocycles. The van der Waals surface area contributed by atoms with Crippen molar-refractivity contribution in [3.8, 4) is 39.5 Å². The lowest BCUT2D eigenvalue weighted by atomic mass is 9.90. The van der Waals surface area contributed by atoms with Crippen molar-refractivity contribution >= 4 is 0 Å². The molecule has 0 saturated heterocycles. The molecular weight excluding hydrogens is 324 g/mol. The van der Waals surface area contributed by atoms with Crippen molar-refractivity contribution in [3.05, 3.63) is 65.2 Å². The van der Waals surface area contributed by atoms with Gasteiger partial charge in [-0.25, -0.2) is 0 Å². The SMILES string of the molecule is CCOc1cc(-c2cc(C)ccc2O)c(C)c(-c2cc(C)ccc2O)c1. The highest BCUT2D eigenvalue weighted by molar-refractivity contribution is 5.84. The van der Waals surface area contributed by atoms with Crippen LogP contribution in [-0.4, -0.2) is 16.8 Å². The second-order valence-corrected chi connectivity index (χ2v) is 6.62. The molecular formula is C23H24O3. The van der Waals surface area contributed by atoms with Crippen LogP contribution in [0, 0.1) is 20.8 Å². The Hall–Kier alpha value is -2.94. The summed E-state index contributed by atoms with van der Waals surface area (Å²) < 4.78 is 5.76. The van der Waals surface area contributed by atoms with Crippen LogP contribution in [0.3, 0.4) is 0 Å². The molecule has 3 rings (SSSR count). The van der Waals surface area contributed by atoms with Gasteiger partial charge < -0.3 is 14.9 Å². The molecule has 0 spiro atoms. The number of rotatable bonds is 4. The minimum absolute atomic E-state index is 0.228. The summed E-state index contributed by atoms with van der Waals surface area (Å²) in [5.41, 5.74) is 6.43. The number of hydrogen-bond acceptors (Lipinski definition) is 3. The molecule has 3 aromatic rings. The van der Waals surface area contributed by atoms with Gasteiger partial charge in [-0.2, -0.15) is 0 Å². The quantitative estimate of drug-likeness (QED) is 0.630. The predicted octanol–water partition coefficient (Wildman–Crippen LogP) is 5.76. The lowest BCUT2D eigenvalue weighted by Gasteiger charge is -2.17. The van der Waals surface area contributed by atoms with Gasteiger partial charge in [0.2, 0.25) is 0 Å². The van der Waals surface area contributed by atoms with Gasteiger partial charge in [-0.15, -0.1) is 0 Å². The first-order chi connectivity index (χ1) is 12.4. The Morgan fingerprint density at radius 2 is 1.15 bits per heavy atom. The largest absolute Gasteiger partial charge is 0.507 e. The standard InChI is InChI=1S/C23H24O3/c1-5-26-17-12-18(20-10-14(2)6-8-22(20)24)16(4)19(13-17)21-11-15(3)7-9-23(21)25/h6-13,24-25H,5H2,1-4H3. The zero-order chi connectivity index (χ0) is 18.8. The summed E-state index contributed by atoms with van der Waals surface area (Å²) in [5.74, 6) is 1.17. The summed E-state index contributed by atoms with van der Waals surface area (Å²) in [5, 5.41) is 20.8. The molecule has 0 aromatic heterocycles. The maximum atomic E-state index is 10.4. The van der Waals surface area contributed by atoms with Crippen LogP contribution in [0.25, 0.3) is 22.3 Å². The maximum absolute atomic E-state index is 10.4. The smallest absolute Gasteiger partial charge is 0.123 e. The lowest BCUT2D eigenvalue weighted by molar-refractivity contribution is 0.340. The first-order valence-electron chi connectivity index (χ1n) is 8.78. The third-order valence-electron chi connectivity index (χ3n) is 4.58. The van der Waals surface area contributed by atoms with Crippen molar-refractivity contribution in [2.75, 3.05) is 6.61 Å². The predicted molar refractivity (Wildman–Crippen MR) is 106 cm³/mol. The summed E-state index contributed by atoms with van der Waals surface area (Å²) in [4.78, 5) is 0. The lowest BCUT2D eigenvalue weighted by Crippen LogP contribution is -1.96. The molecule has 0 radical (unpaired) electrons. The van der Waals surface area contributed by atoms with E-state index in [9.17, 15) is 10.2 Å². The van der Waals surface area contributed by atoms with Crippen LogP contribution in [0.5, 0.6) is 17.2 Å². The van der Waals surface area contributed by atoms with E-state index < -0.39 is 0 Å². The molecule has 0 saturated carbocycles. The molecule has 0 aliphatic heterocycles. The number of aromatic hydroxyl groups is 2. The molecule has 0 fully saturated rings. The van der Waals surface area contributed by atoms with E-state index in [1.54, 1.807) is 12.1 Å². The fourth-order valence-electron chi connectivity index (χ4n) is 3.23. The van der Waals surface area contributed by atoms with Crippen molar-refractivity contribution in [1.82, 2.24) is 0 Å². The molecule has 0 unspecified atom stereocenters. The third-order valence-corrected chi connectivity index (χ3v) is 4.58. The van der Waals surface area contributed by atoms with E-state index in [2.05, 4.69) is 0 Å². The molecule has 3 nitrogen and oxygen atoms in total. The van der Waals surface area contributed by atoms with Crippen LogP contribution < -0.4 is 4.74 Å². The van der Waals surface area contributed by atoms with E-state index in [0.29, 0.717) is 12.4 Å². The van der Waals surface area contributed by atoms with Crippen LogP contribution in [0.4, 0.5) is 0 Å². The Morgan fingerprint density at radius 1 is 0.692 bits per heavy atom. The van der Waals surface area contributed by atoms with E-state index in [4.69, 9.17) is 4.74 Å². The maximum Gasteiger partial charge on any atom is 0.123 e. The Bertz CT molecular complexity index is 885. The van der Waals surface area contributed by atoms with Crippen molar-refractivity contribution in [3.63, 3.8) is 0 Å². The Kier molecular flexibility index (Phi) is 4.90. The summed E-state index contributed by atoms with van der Waals surface area (Å²) in [7, 11) is 0. The molecule has 0 heterocycles. The number of phenolic OH excluding ortho intramolecular Hbond substituents is 2. The molecule has 26 heavy (non-hydrogen) atoms. The summed E-state index contributed by atoms with van der Waals surface area (Å²) in [6.45, 7) is 8.48. The third kappa shape index (κ3) is 3.38. The molecule has 0 aliphatic rings. The van der Waals surface area contributed by atoms with Gasteiger partial charge in [-0.05, 0) is 80.8 Å². The zero-order valence-corrected chi connectivity index (χ0v) is 15.6. The van der Waals surface area contributed by atoms with E-state index in [-0.39, 0.29) is 11.5 Å². The van der Waals surface area contributed by atoms with Gasteiger partial charge in [0.1, 0.15) is 17.2 Å². The number of benzene rings is 3. The number of aryl methyl sites for hydroxylation is 2. The Morgan fingerprint density at radius 3 is 1.58 bits per heavy atom. The molecule has 0 bridgehead atoms. The minimum atomic E-state index is 0.228. The van der Waals surface area contributed by atoms with Gasteiger partial charge in [0.15, 0.2) is 0 Å². The topological polar surface area (TPSA) is 49.7 Å². The van der Waals surface area contributed by atoms with Crippen molar-refractivity contribution < 1.29 is 14.9 Å². The zero-order valence-electron chi connectivity index (χ0n) is 15.6. The van der Waals surface area contributed by atoms with Gasteiger partial charge in [0.05, 0.1) is 6.61 Å². The van der Waals surface area contributed by atoms with E-state index >= 15 is 0 Å². The van der Waals surface area contributed by atoms with Crippen LogP contribution in [0.15, 0.2) is 48.5 Å². The van der Waals surface area contributed by atoms with Crippen LogP contribution >= 0.6 is 0 Å². The summed E-state index contributed by atoms with van der Waals surface area (Å²) in [6, 6.07) is 15.0.